The molecular formula is C23H32O6. The first kappa shape index (κ1) is 20.6. The van der Waals surface area contributed by atoms with Gasteiger partial charge in [0.15, 0.2) is 5.60 Å². The van der Waals surface area contributed by atoms with Crippen LogP contribution in [0.5, 0.6) is 0 Å². The van der Waals surface area contributed by atoms with E-state index in [9.17, 15) is 14.7 Å². The van der Waals surface area contributed by atoms with E-state index in [1.54, 1.807) is 6.26 Å². The largest absolute Gasteiger partial charge is 0.465 e. The van der Waals surface area contributed by atoms with Crippen LogP contribution in [0.1, 0.15) is 83.3 Å². The van der Waals surface area contributed by atoms with Crippen LogP contribution >= 0.6 is 0 Å². The molecule has 3 aliphatic rings. The van der Waals surface area contributed by atoms with E-state index in [1.807, 2.05) is 6.92 Å². The first-order valence-corrected chi connectivity index (χ1v) is 10.6. The molecule has 0 aromatic carbocycles. The summed E-state index contributed by atoms with van der Waals surface area (Å²) >= 11 is 0. The molecule has 160 valence electrons. The third-order valence-electron chi connectivity index (χ3n) is 8.04. The SMILES string of the molecule is CO[C@H]1C(=O)[C@@]2(O)c3occ4c3[C@@](C)(CC[C@@H]4OC(C)=O)CC[C@]2(C)[C@H]1C(C)C. The summed E-state index contributed by atoms with van der Waals surface area (Å²) in [6.07, 6.45) is 3.53. The lowest BCUT2D eigenvalue weighted by molar-refractivity contribution is -0.152. The number of furan rings is 1. The third-order valence-corrected chi connectivity index (χ3v) is 8.04. The Morgan fingerprint density at radius 3 is 2.55 bits per heavy atom. The Morgan fingerprint density at radius 1 is 1.28 bits per heavy atom. The molecule has 3 aliphatic carbocycles. The minimum absolute atomic E-state index is 0.126. The molecule has 6 nitrogen and oxygen atoms in total. The molecule has 0 spiro atoms. The highest BCUT2D eigenvalue weighted by atomic mass is 16.5. The number of methoxy groups -OCH3 is 1. The zero-order valence-corrected chi connectivity index (χ0v) is 18.2. The van der Waals surface area contributed by atoms with Crippen molar-refractivity contribution in [3.8, 4) is 0 Å². The predicted octanol–water partition coefficient (Wildman–Crippen LogP) is 3.79. The average molecular weight is 405 g/mol. The maximum atomic E-state index is 13.6. The zero-order chi connectivity index (χ0) is 21.4. The number of aliphatic hydroxyl groups is 1. The van der Waals surface area contributed by atoms with Crippen molar-refractivity contribution in [2.24, 2.45) is 17.3 Å². The molecule has 1 aromatic heterocycles. The van der Waals surface area contributed by atoms with Crippen molar-refractivity contribution in [1.82, 2.24) is 0 Å². The fraction of sp³-hybridized carbons (Fsp3) is 0.739. The summed E-state index contributed by atoms with van der Waals surface area (Å²) < 4.78 is 17.2. The van der Waals surface area contributed by atoms with E-state index in [4.69, 9.17) is 13.9 Å². The Labute approximate surface area is 171 Å². The van der Waals surface area contributed by atoms with Crippen LogP contribution in [-0.2, 0) is 30.1 Å². The van der Waals surface area contributed by atoms with Crippen molar-refractivity contribution in [2.45, 2.75) is 83.5 Å². The molecule has 1 N–H and O–H groups in total. The van der Waals surface area contributed by atoms with Gasteiger partial charge in [-0.1, -0.05) is 27.7 Å². The number of ketones is 1. The summed E-state index contributed by atoms with van der Waals surface area (Å²) in [5.74, 6) is -0.302. The van der Waals surface area contributed by atoms with E-state index in [1.165, 1.54) is 14.0 Å². The van der Waals surface area contributed by atoms with E-state index in [0.29, 0.717) is 18.6 Å². The first-order valence-electron chi connectivity index (χ1n) is 10.6. The van der Waals surface area contributed by atoms with E-state index >= 15 is 0 Å². The van der Waals surface area contributed by atoms with Gasteiger partial charge in [0.25, 0.3) is 0 Å². The van der Waals surface area contributed by atoms with Crippen LogP contribution in [0.25, 0.3) is 0 Å². The molecule has 4 rings (SSSR count). The molecule has 6 atom stereocenters. The molecule has 1 heterocycles. The van der Waals surface area contributed by atoms with Crippen LogP contribution in [0, 0.1) is 17.3 Å². The highest BCUT2D eigenvalue weighted by Crippen LogP contribution is 2.65. The number of hydrogen-bond acceptors (Lipinski definition) is 6. The second-order valence-electron chi connectivity index (χ2n) is 10.0. The number of fused-ring (bicyclic) bond motifs is 2. The Bertz CT molecular complexity index is 856. The molecule has 0 amide bonds. The number of carbonyl (C=O) groups is 2. The molecule has 1 fully saturated rings. The predicted molar refractivity (Wildman–Crippen MR) is 105 cm³/mol. The lowest BCUT2D eigenvalue weighted by Gasteiger charge is -2.41. The van der Waals surface area contributed by atoms with Crippen LogP contribution in [0.2, 0.25) is 0 Å². The normalized spacial score (nSPS) is 41.1. The fourth-order valence-electron chi connectivity index (χ4n) is 6.62. The third kappa shape index (κ3) is 2.48. The van der Waals surface area contributed by atoms with E-state index < -0.39 is 23.2 Å². The second kappa shape index (κ2) is 6.42. The van der Waals surface area contributed by atoms with Crippen LogP contribution in [0.3, 0.4) is 0 Å². The lowest BCUT2D eigenvalue weighted by atomic mass is 9.64. The minimum Gasteiger partial charge on any atom is -0.465 e. The van der Waals surface area contributed by atoms with Gasteiger partial charge in [-0.05, 0) is 37.0 Å². The number of esters is 1. The Kier molecular flexibility index (Phi) is 4.56. The molecule has 0 bridgehead atoms. The highest BCUT2D eigenvalue weighted by Gasteiger charge is 2.72. The summed E-state index contributed by atoms with van der Waals surface area (Å²) in [6.45, 7) is 9.73. The fourth-order valence-corrected chi connectivity index (χ4v) is 6.62. The van der Waals surface area contributed by atoms with E-state index in [2.05, 4.69) is 20.8 Å². The molecule has 0 saturated heterocycles. The molecule has 6 heteroatoms. The van der Waals surface area contributed by atoms with Crippen molar-refractivity contribution in [3.63, 3.8) is 0 Å². The number of ether oxygens (including phenoxy) is 2. The zero-order valence-electron chi connectivity index (χ0n) is 18.2. The Hall–Kier alpha value is -1.66. The van der Waals surface area contributed by atoms with Gasteiger partial charge in [-0.2, -0.15) is 0 Å². The van der Waals surface area contributed by atoms with Crippen molar-refractivity contribution >= 4 is 11.8 Å². The summed E-state index contributed by atoms with van der Waals surface area (Å²) in [7, 11) is 1.54. The number of rotatable bonds is 3. The quantitative estimate of drug-likeness (QED) is 0.772. The number of Topliss-reactive ketones (excluding diaryl/α,β-unsaturated/α-hetero) is 1. The maximum absolute atomic E-state index is 13.6. The summed E-state index contributed by atoms with van der Waals surface area (Å²) in [5.41, 5.74) is -1.06. The average Bonchev–Trinajstić information content (AvgIpc) is 3.15. The first-order chi connectivity index (χ1) is 13.5. The van der Waals surface area contributed by atoms with Crippen LogP contribution in [0.4, 0.5) is 0 Å². The maximum Gasteiger partial charge on any atom is 0.303 e. The molecular weight excluding hydrogens is 372 g/mol. The topological polar surface area (TPSA) is 86.0 Å². The van der Waals surface area contributed by atoms with Crippen molar-refractivity contribution < 1.29 is 28.6 Å². The number of carbonyl (C=O) groups excluding carboxylic acids is 2. The van der Waals surface area contributed by atoms with Crippen LogP contribution in [-0.4, -0.2) is 30.1 Å². The van der Waals surface area contributed by atoms with Crippen molar-refractivity contribution in [3.05, 3.63) is 23.2 Å². The summed E-state index contributed by atoms with van der Waals surface area (Å²) in [6, 6.07) is 0. The summed E-state index contributed by atoms with van der Waals surface area (Å²) in [4.78, 5) is 25.2. The van der Waals surface area contributed by atoms with Crippen molar-refractivity contribution in [1.29, 1.82) is 0 Å². The van der Waals surface area contributed by atoms with E-state index in [0.717, 1.165) is 24.0 Å². The number of hydrogen-bond donors (Lipinski definition) is 1. The summed E-state index contributed by atoms with van der Waals surface area (Å²) in [5, 5.41) is 12.1. The molecule has 29 heavy (non-hydrogen) atoms. The molecule has 1 saturated carbocycles. The van der Waals surface area contributed by atoms with Crippen molar-refractivity contribution in [2.75, 3.05) is 7.11 Å². The smallest absolute Gasteiger partial charge is 0.303 e. The Balaban J connectivity index is 1.95. The molecule has 1 aromatic rings. The Morgan fingerprint density at radius 2 is 1.97 bits per heavy atom. The van der Waals surface area contributed by atoms with Crippen LogP contribution in [0.15, 0.2) is 10.7 Å². The molecule has 0 aliphatic heterocycles. The monoisotopic (exact) mass is 404 g/mol. The van der Waals surface area contributed by atoms with Gasteiger partial charge in [0.1, 0.15) is 18.0 Å². The lowest BCUT2D eigenvalue weighted by Crippen LogP contribution is -2.46. The van der Waals surface area contributed by atoms with Gasteiger partial charge in [0, 0.05) is 36.5 Å². The van der Waals surface area contributed by atoms with Gasteiger partial charge in [0.2, 0.25) is 5.78 Å². The standard InChI is InChI=1S/C23H32O6/c1-12(2)16-18(27-6)19(25)23(26)20-17-14(11-28-20)15(29-13(3)24)7-8-21(17,4)9-10-22(16,23)5/h11-12,15-16,18,26H,7-10H2,1-6H3/t15-,16-,18+,21-,22+,23+/m0/s1. The van der Waals surface area contributed by atoms with Gasteiger partial charge in [0.05, 0.1) is 6.26 Å². The minimum atomic E-state index is -1.76. The van der Waals surface area contributed by atoms with E-state index in [-0.39, 0.29) is 29.0 Å². The van der Waals surface area contributed by atoms with Gasteiger partial charge in [-0.3, -0.25) is 9.59 Å². The molecule has 0 unspecified atom stereocenters. The van der Waals surface area contributed by atoms with Gasteiger partial charge >= 0.3 is 5.97 Å². The van der Waals surface area contributed by atoms with Crippen LogP contribution < -0.4 is 0 Å². The van der Waals surface area contributed by atoms with Gasteiger partial charge in [-0.15, -0.1) is 0 Å². The second-order valence-corrected chi connectivity index (χ2v) is 10.0. The molecule has 0 radical (unpaired) electrons. The van der Waals surface area contributed by atoms with Gasteiger partial charge in [-0.25, -0.2) is 0 Å². The highest BCUT2D eigenvalue weighted by molar-refractivity contribution is 5.96. The van der Waals surface area contributed by atoms with Gasteiger partial charge < -0.3 is 19.0 Å².